The zero-order chi connectivity index (χ0) is 21.6. The van der Waals surface area contributed by atoms with Crippen molar-refractivity contribution in [3.8, 4) is 6.07 Å². The predicted molar refractivity (Wildman–Crippen MR) is 114 cm³/mol. The number of aliphatic hydroxyl groups excluding tert-OH is 1. The van der Waals surface area contributed by atoms with E-state index in [1.54, 1.807) is 12.3 Å². The summed E-state index contributed by atoms with van der Waals surface area (Å²) >= 11 is 0. The fraction of sp³-hybridized carbons (Fsp3) is 0.478. The van der Waals surface area contributed by atoms with Gasteiger partial charge in [0.15, 0.2) is 0 Å². The largest absolute Gasteiger partial charge is 0.394 e. The van der Waals surface area contributed by atoms with Crippen LogP contribution in [0.4, 0.5) is 0 Å². The molecule has 31 heavy (non-hydrogen) atoms. The van der Waals surface area contributed by atoms with E-state index in [2.05, 4.69) is 27.9 Å². The molecule has 2 aliphatic rings. The van der Waals surface area contributed by atoms with E-state index in [9.17, 15) is 15.2 Å². The van der Waals surface area contributed by atoms with E-state index < -0.39 is 5.54 Å². The van der Waals surface area contributed by atoms with Crippen LogP contribution in [0.2, 0.25) is 0 Å². The topological polar surface area (TPSA) is 113 Å². The molecule has 0 unspecified atom stereocenters. The summed E-state index contributed by atoms with van der Waals surface area (Å²) in [4.78, 5) is 22.1. The normalized spacial score (nSPS) is 22.4. The first-order valence-corrected chi connectivity index (χ1v) is 10.7. The Bertz CT molecular complexity index is 1210. The third kappa shape index (κ3) is 3.64. The molecule has 0 spiro atoms. The van der Waals surface area contributed by atoms with Crippen molar-refractivity contribution in [3.63, 3.8) is 0 Å². The molecule has 1 aromatic carbocycles. The SMILES string of the molecule is C[C@@H]1C[C@H](n2c(CC(=O)NC3(CO)CC3)nc3cnc4ccc(C#N)cc4c32)CCO1. The van der Waals surface area contributed by atoms with Crippen LogP contribution < -0.4 is 5.32 Å². The molecule has 0 radical (unpaired) electrons. The van der Waals surface area contributed by atoms with E-state index in [4.69, 9.17) is 9.72 Å². The van der Waals surface area contributed by atoms with Crippen LogP contribution in [0.5, 0.6) is 0 Å². The number of pyridine rings is 1. The number of nitrogens with one attached hydrogen (secondary N) is 1. The first-order chi connectivity index (χ1) is 15.0. The Morgan fingerprint density at radius 2 is 2.26 bits per heavy atom. The summed E-state index contributed by atoms with van der Waals surface area (Å²) in [6.45, 7) is 2.67. The number of carbonyl (C=O) groups is 1. The summed E-state index contributed by atoms with van der Waals surface area (Å²) in [5, 5.41) is 22.8. The van der Waals surface area contributed by atoms with Gasteiger partial charge in [-0.25, -0.2) is 4.98 Å². The summed E-state index contributed by atoms with van der Waals surface area (Å²) in [7, 11) is 0. The summed E-state index contributed by atoms with van der Waals surface area (Å²) in [6.07, 6.45) is 5.23. The Morgan fingerprint density at radius 1 is 1.42 bits per heavy atom. The fourth-order valence-electron chi connectivity index (χ4n) is 4.58. The van der Waals surface area contributed by atoms with Crippen LogP contribution in [0.1, 0.15) is 50.0 Å². The minimum absolute atomic E-state index is 0.0435. The lowest BCUT2D eigenvalue weighted by molar-refractivity contribution is -0.121. The number of nitriles is 1. The highest BCUT2D eigenvalue weighted by atomic mass is 16.5. The number of hydrogen-bond acceptors (Lipinski definition) is 6. The van der Waals surface area contributed by atoms with Gasteiger partial charge in [-0.15, -0.1) is 0 Å². The second-order valence-corrected chi connectivity index (χ2v) is 8.76. The van der Waals surface area contributed by atoms with E-state index in [0.29, 0.717) is 23.5 Å². The Morgan fingerprint density at radius 3 is 2.97 bits per heavy atom. The molecule has 2 fully saturated rings. The van der Waals surface area contributed by atoms with Crippen molar-refractivity contribution in [2.24, 2.45) is 0 Å². The summed E-state index contributed by atoms with van der Waals surface area (Å²) in [6, 6.07) is 7.80. The quantitative estimate of drug-likeness (QED) is 0.656. The van der Waals surface area contributed by atoms with E-state index in [1.807, 2.05) is 12.1 Å². The zero-order valence-corrected chi connectivity index (χ0v) is 17.5. The van der Waals surface area contributed by atoms with E-state index in [-0.39, 0.29) is 31.1 Å². The van der Waals surface area contributed by atoms with Gasteiger partial charge >= 0.3 is 0 Å². The molecule has 1 saturated carbocycles. The Hall–Kier alpha value is -3.02. The number of benzene rings is 1. The smallest absolute Gasteiger partial charge is 0.228 e. The summed E-state index contributed by atoms with van der Waals surface area (Å²) < 4.78 is 7.92. The van der Waals surface area contributed by atoms with E-state index >= 15 is 0 Å². The van der Waals surface area contributed by atoms with Crippen LogP contribution in [0, 0.1) is 11.3 Å². The van der Waals surface area contributed by atoms with Crippen molar-refractivity contribution in [2.45, 2.75) is 56.7 Å². The monoisotopic (exact) mass is 419 g/mol. The van der Waals surface area contributed by atoms with Gasteiger partial charge in [0.25, 0.3) is 0 Å². The number of ether oxygens (including phenoxy) is 1. The average molecular weight is 419 g/mol. The number of hydrogen-bond donors (Lipinski definition) is 2. The van der Waals surface area contributed by atoms with E-state index in [1.165, 1.54) is 0 Å². The first-order valence-electron chi connectivity index (χ1n) is 10.7. The summed E-state index contributed by atoms with van der Waals surface area (Å²) in [5.74, 6) is 0.537. The molecule has 1 saturated heterocycles. The Kier molecular flexibility index (Phi) is 4.88. The molecule has 3 aromatic rings. The zero-order valence-electron chi connectivity index (χ0n) is 17.5. The number of aliphatic hydroxyl groups is 1. The lowest BCUT2D eigenvalue weighted by Gasteiger charge is -2.30. The van der Waals surface area contributed by atoms with Crippen molar-refractivity contribution in [1.82, 2.24) is 19.9 Å². The lowest BCUT2D eigenvalue weighted by Crippen LogP contribution is -2.41. The molecule has 160 valence electrons. The molecule has 2 aromatic heterocycles. The number of imidazole rings is 1. The third-order valence-corrected chi connectivity index (χ3v) is 6.42. The molecule has 5 rings (SSSR count). The highest BCUT2D eigenvalue weighted by Crippen LogP contribution is 2.36. The van der Waals surface area contributed by atoms with Crippen molar-refractivity contribution in [2.75, 3.05) is 13.2 Å². The van der Waals surface area contributed by atoms with Crippen LogP contribution in [0.25, 0.3) is 21.9 Å². The number of amides is 1. The van der Waals surface area contributed by atoms with Crippen LogP contribution in [0.3, 0.4) is 0 Å². The van der Waals surface area contributed by atoms with Gasteiger partial charge < -0.3 is 19.7 Å². The molecule has 2 atom stereocenters. The van der Waals surface area contributed by atoms with Crippen molar-refractivity contribution < 1.29 is 14.6 Å². The van der Waals surface area contributed by atoms with Crippen molar-refractivity contribution in [1.29, 1.82) is 5.26 Å². The first kappa shape index (κ1) is 19.9. The van der Waals surface area contributed by atoms with Gasteiger partial charge in [0, 0.05) is 18.0 Å². The van der Waals surface area contributed by atoms with Gasteiger partial charge in [0.2, 0.25) is 5.91 Å². The number of fused-ring (bicyclic) bond motifs is 3. The molecule has 1 aliphatic carbocycles. The molecule has 8 nitrogen and oxygen atoms in total. The van der Waals surface area contributed by atoms with Gasteiger partial charge in [0.1, 0.15) is 11.3 Å². The molecule has 0 bridgehead atoms. The predicted octanol–water partition coefficient (Wildman–Crippen LogP) is 2.38. The highest BCUT2D eigenvalue weighted by molar-refractivity contribution is 6.03. The van der Waals surface area contributed by atoms with E-state index in [0.717, 1.165) is 42.1 Å². The Balaban J connectivity index is 1.63. The molecular formula is C23H25N5O3. The fourth-order valence-corrected chi connectivity index (χ4v) is 4.58. The molecule has 2 N–H and O–H groups in total. The maximum atomic E-state index is 12.8. The van der Waals surface area contributed by atoms with Crippen molar-refractivity contribution in [3.05, 3.63) is 35.8 Å². The standard InChI is InChI=1S/C23H25N5O3/c1-14-8-16(4-7-31-14)28-20(10-21(30)27-23(13-29)5-6-23)26-19-12-25-18-3-2-15(11-24)9-17(18)22(19)28/h2-3,9,12,14,16,29H,4-8,10,13H2,1H3,(H,27,30)/t14-,16-/m1/s1. The van der Waals surface area contributed by atoms with Gasteiger partial charge in [-0.05, 0) is 50.8 Å². The average Bonchev–Trinajstić information content (AvgIpc) is 3.44. The molecule has 8 heteroatoms. The lowest BCUT2D eigenvalue weighted by atomic mass is 10.0. The summed E-state index contributed by atoms with van der Waals surface area (Å²) in [5.41, 5.74) is 2.52. The van der Waals surface area contributed by atoms with Crippen LogP contribution in [0.15, 0.2) is 24.4 Å². The molecule has 1 aliphatic heterocycles. The van der Waals surface area contributed by atoms with Crippen LogP contribution >= 0.6 is 0 Å². The maximum Gasteiger partial charge on any atom is 0.228 e. The van der Waals surface area contributed by atoms with Crippen LogP contribution in [-0.2, 0) is 16.0 Å². The Labute approximate surface area is 179 Å². The van der Waals surface area contributed by atoms with Gasteiger partial charge in [-0.2, -0.15) is 5.26 Å². The second kappa shape index (κ2) is 7.59. The number of carbonyl (C=O) groups excluding carboxylic acids is 1. The minimum atomic E-state index is -0.461. The molecule has 1 amide bonds. The number of rotatable bonds is 5. The van der Waals surface area contributed by atoms with Gasteiger partial charge in [0.05, 0.1) is 53.5 Å². The van der Waals surface area contributed by atoms with Crippen molar-refractivity contribution >= 4 is 27.8 Å². The van der Waals surface area contributed by atoms with Gasteiger partial charge in [-0.1, -0.05) is 0 Å². The highest BCUT2D eigenvalue weighted by Gasteiger charge is 2.43. The molecule has 3 heterocycles. The van der Waals surface area contributed by atoms with Gasteiger partial charge in [-0.3, -0.25) is 9.78 Å². The third-order valence-electron chi connectivity index (χ3n) is 6.42. The number of nitrogens with zero attached hydrogens (tertiary/aromatic N) is 4. The van der Waals surface area contributed by atoms with Crippen LogP contribution in [-0.4, -0.2) is 50.4 Å². The second-order valence-electron chi connectivity index (χ2n) is 8.76. The molecular weight excluding hydrogens is 394 g/mol. The number of aromatic nitrogens is 3. The minimum Gasteiger partial charge on any atom is -0.394 e. The maximum absolute atomic E-state index is 12.8.